The molecule has 0 aromatic heterocycles. The van der Waals surface area contributed by atoms with Crippen LogP contribution in [0.3, 0.4) is 0 Å². The third kappa shape index (κ3) is 4.66. The van der Waals surface area contributed by atoms with Gasteiger partial charge in [-0.05, 0) is 42.0 Å². The summed E-state index contributed by atoms with van der Waals surface area (Å²) in [6, 6.07) is 11.8. The average molecular weight is 385 g/mol. The van der Waals surface area contributed by atoms with Gasteiger partial charge in [0.1, 0.15) is 5.75 Å². The van der Waals surface area contributed by atoms with E-state index < -0.39 is 18.4 Å². The van der Waals surface area contributed by atoms with E-state index in [-0.39, 0.29) is 12.2 Å². The van der Waals surface area contributed by atoms with E-state index in [4.69, 9.17) is 16.4 Å². The third-order valence-corrected chi connectivity index (χ3v) is 3.75. The zero-order valence-electron chi connectivity index (χ0n) is 13.1. The summed E-state index contributed by atoms with van der Waals surface area (Å²) >= 11 is 5.83. The van der Waals surface area contributed by atoms with Gasteiger partial charge in [0.25, 0.3) is 5.91 Å². The lowest BCUT2D eigenvalue weighted by atomic mass is 10.0. The molecule has 2 aromatic carbocycles. The fourth-order valence-electron chi connectivity index (χ4n) is 2.29. The number of carbonyl (C=O) groups is 1. The van der Waals surface area contributed by atoms with Crippen LogP contribution in [0.1, 0.15) is 12.0 Å². The molecule has 136 valence electrons. The number of rotatable bonds is 4. The highest BCUT2D eigenvalue weighted by Crippen LogP contribution is 2.25. The molecule has 1 atom stereocenters. The molecule has 0 spiro atoms. The molecule has 1 amide bonds. The lowest BCUT2D eigenvalue weighted by molar-refractivity contribution is -0.274. The summed E-state index contributed by atoms with van der Waals surface area (Å²) in [5.74, 6) is -0.830. The minimum Gasteiger partial charge on any atom is -0.406 e. The molecule has 1 aliphatic heterocycles. The minimum absolute atomic E-state index is 0.267. The maximum Gasteiger partial charge on any atom is 0.573 e. The second kappa shape index (κ2) is 7.25. The summed E-state index contributed by atoms with van der Waals surface area (Å²) < 4.78 is 40.1. The Kier molecular flexibility index (Phi) is 5.03. The van der Waals surface area contributed by atoms with E-state index in [9.17, 15) is 18.0 Å². The number of alkyl halides is 3. The number of ether oxygens (including phenoxy) is 1. The van der Waals surface area contributed by atoms with Gasteiger partial charge in [0, 0.05) is 17.1 Å². The lowest BCUT2D eigenvalue weighted by Gasteiger charge is -2.11. The van der Waals surface area contributed by atoms with Crippen molar-refractivity contribution in [2.24, 2.45) is 5.16 Å². The van der Waals surface area contributed by atoms with E-state index in [1.54, 1.807) is 24.3 Å². The first kappa shape index (κ1) is 18.1. The van der Waals surface area contributed by atoms with Gasteiger partial charge in [0.15, 0.2) is 0 Å². The number of oxime groups is 1. The van der Waals surface area contributed by atoms with Gasteiger partial charge in [0.05, 0.1) is 5.71 Å². The Labute approximate surface area is 151 Å². The summed E-state index contributed by atoms with van der Waals surface area (Å²) in [6.07, 6.45) is -5.33. The van der Waals surface area contributed by atoms with Crippen LogP contribution in [0.25, 0.3) is 0 Å². The van der Waals surface area contributed by atoms with Crippen LogP contribution in [0.2, 0.25) is 5.02 Å². The molecule has 0 fully saturated rings. The van der Waals surface area contributed by atoms with Crippen molar-refractivity contribution in [1.29, 1.82) is 0 Å². The average Bonchev–Trinajstić information content (AvgIpc) is 3.06. The van der Waals surface area contributed by atoms with Crippen molar-refractivity contribution in [2.75, 3.05) is 5.32 Å². The summed E-state index contributed by atoms with van der Waals surface area (Å²) in [5.41, 5.74) is 1.71. The van der Waals surface area contributed by atoms with Crippen LogP contribution < -0.4 is 10.1 Å². The monoisotopic (exact) mass is 384 g/mol. The number of carbonyl (C=O) groups excluding carboxylic acids is 1. The van der Waals surface area contributed by atoms with Crippen LogP contribution in [-0.2, 0) is 9.63 Å². The Morgan fingerprint density at radius 3 is 2.42 bits per heavy atom. The molecule has 0 saturated carbocycles. The number of halogens is 4. The van der Waals surface area contributed by atoms with Gasteiger partial charge in [-0.15, -0.1) is 13.2 Å². The Bertz CT molecular complexity index is 821. The number of hydrogen-bond donors (Lipinski definition) is 1. The van der Waals surface area contributed by atoms with Gasteiger partial charge in [-0.1, -0.05) is 28.9 Å². The second-order valence-electron chi connectivity index (χ2n) is 5.40. The quantitative estimate of drug-likeness (QED) is 0.851. The van der Waals surface area contributed by atoms with Crippen LogP contribution in [0, 0.1) is 0 Å². The summed E-state index contributed by atoms with van der Waals surface area (Å²) in [5, 5.41) is 7.05. The highest BCUT2D eigenvalue weighted by molar-refractivity contribution is 6.30. The summed E-state index contributed by atoms with van der Waals surface area (Å²) in [7, 11) is 0. The van der Waals surface area contributed by atoms with Gasteiger partial charge in [-0.25, -0.2) is 0 Å². The molecule has 5 nitrogen and oxygen atoms in total. The molecule has 1 heterocycles. The first-order chi connectivity index (χ1) is 12.3. The molecular weight excluding hydrogens is 373 g/mol. The zero-order valence-corrected chi connectivity index (χ0v) is 13.8. The van der Waals surface area contributed by atoms with E-state index in [0.29, 0.717) is 16.4 Å². The molecule has 0 aliphatic carbocycles. The first-order valence-corrected chi connectivity index (χ1v) is 7.83. The largest absolute Gasteiger partial charge is 0.573 e. The molecule has 9 heteroatoms. The SMILES string of the molecule is O=C(Nc1ccc(OC(F)(F)F)cc1)[C@H]1CC(c2ccc(Cl)cc2)=NO1. The van der Waals surface area contributed by atoms with Crippen molar-refractivity contribution in [3.05, 3.63) is 59.1 Å². The molecular formula is C17H12ClF3N2O3. The van der Waals surface area contributed by atoms with Crippen molar-refractivity contribution >= 4 is 28.9 Å². The maximum atomic E-state index is 12.2. The van der Waals surface area contributed by atoms with Crippen LogP contribution in [0.5, 0.6) is 5.75 Å². The van der Waals surface area contributed by atoms with Gasteiger partial charge < -0.3 is 14.9 Å². The summed E-state index contributed by atoms with van der Waals surface area (Å²) in [6.45, 7) is 0. The van der Waals surface area contributed by atoms with E-state index in [1.807, 2.05) is 0 Å². The van der Waals surface area contributed by atoms with E-state index in [0.717, 1.165) is 17.7 Å². The van der Waals surface area contributed by atoms with Crippen LogP contribution in [0.15, 0.2) is 53.7 Å². The first-order valence-electron chi connectivity index (χ1n) is 7.45. The van der Waals surface area contributed by atoms with Gasteiger partial charge >= 0.3 is 6.36 Å². The maximum absolute atomic E-state index is 12.2. The standard InChI is InChI=1S/C17H12ClF3N2O3/c18-11-3-1-10(2-4-11)14-9-15(26-23-14)16(24)22-12-5-7-13(8-6-12)25-17(19,20)21/h1-8,15H,9H2,(H,22,24)/t15-/m1/s1. The number of benzene rings is 2. The molecule has 3 rings (SSSR count). The number of hydrogen-bond acceptors (Lipinski definition) is 4. The molecule has 0 saturated heterocycles. The number of anilines is 1. The van der Waals surface area contributed by atoms with Crippen molar-refractivity contribution in [3.8, 4) is 5.75 Å². The number of amides is 1. The van der Waals surface area contributed by atoms with Crippen LogP contribution >= 0.6 is 11.6 Å². The summed E-state index contributed by atoms with van der Waals surface area (Å²) in [4.78, 5) is 17.4. The molecule has 0 unspecified atom stereocenters. The van der Waals surface area contributed by atoms with Gasteiger partial charge in [-0.2, -0.15) is 0 Å². The van der Waals surface area contributed by atoms with Crippen LogP contribution in [-0.4, -0.2) is 24.1 Å². The third-order valence-electron chi connectivity index (χ3n) is 3.49. The highest BCUT2D eigenvalue weighted by Gasteiger charge is 2.31. The number of nitrogens with zero attached hydrogens (tertiary/aromatic N) is 1. The lowest BCUT2D eigenvalue weighted by Crippen LogP contribution is -2.28. The Hall–Kier alpha value is -2.74. The Morgan fingerprint density at radius 2 is 1.81 bits per heavy atom. The molecule has 0 bridgehead atoms. The fourth-order valence-corrected chi connectivity index (χ4v) is 2.42. The zero-order chi connectivity index (χ0) is 18.7. The van der Waals surface area contributed by atoms with Crippen molar-refractivity contribution in [2.45, 2.75) is 18.9 Å². The minimum atomic E-state index is -4.77. The molecule has 26 heavy (non-hydrogen) atoms. The predicted molar refractivity (Wildman–Crippen MR) is 89.2 cm³/mol. The van der Waals surface area contributed by atoms with Gasteiger partial charge in [0.2, 0.25) is 6.10 Å². The fraction of sp³-hybridized carbons (Fsp3) is 0.176. The van der Waals surface area contributed by atoms with Crippen molar-refractivity contribution < 1.29 is 27.5 Å². The molecule has 1 aliphatic rings. The van der Waals surface area contributed by atoms with Crippen molar-refractivity contribution in [3.63, 3.8) is 0 Å². The molecule has 0 radical (unpaired) electrons. The predicted octanol–water partition coefficient (Wildman–Crippen LogP) is 4.37. The Balaban J connectivity index is 1.57. The molecule has 1 N–H and O–H groups in total. The van der Waals surface area contributed by atoms with E-state index >= 15 is 0 Å². The van der Waals surface area contributed by atoms with E-state index in [2.05, 4.69) is 15.2 Å². The highest BCUT2D eigenvalue weighted by atomic mass is 35.5. The number of nitrogens with one attached hydrogen (secondary N) is 1. The second-order valence-corrected chi connectivity index (χ2v) is 5.84. The molecule has 2 aromatic rings. The van der Waals surface area contributed by atoms with Crippen LogP contribution in [0.4, 0.5) is 18.9 Å². The topological polar surface area (TPSA) is 59.9 Å². The van der Waals surface area contributed by atoms with Crippen molar-refractivity contribution in [1.82, 2.24) is 0 Å². The smallest absolute Gasteiger partial charge is 0.406 e. The normalized spacial score (nSPS) is 16.6. The Morgan fingerprint density at radius 1 is 1.15 bits per heavy atom. The van der Waals surface area contributed by atoms with E-state index in [1.165, 1.54) is 12.1 Å². The van der Waals surface area contributed by atoms with Gasteiger partial charge in [-0.3, -0.25) is 4.79 Å².